The van der Waals surface area contributed by atoms with E-state index in [1.54, 1.807) is 7.11 Å². The number of hydrogen-bond donors (Lipinski definition) is 1. The minimum absolute atomic E-state index is 0. The largest absolute Gasteiger partial charge is 0.497 e. The summed E-state index contributed by atoms with van der Waals surface area (Å²) in [5, 5.41) is 3.10. The Morgan fingerprint density at radius 3 is 2.33 bits per heavy atom. The van der Waals surface area contributed by atoms with Gasteiger partial charge in [0.05, 0.1) is 7.11 Å². The maximum atomic E-state index is 12.5. The lowest BCUT2D eigenvalue weighted by Gasteiger charge is -2.30. The van der Waals surface area contributed by atoms with Crippen LogP contribution in [0.1, 0.15) is 39.2 Å². The molecule has 1 amide bonds. The molecule has 0 bridgehead atoms. The molecule has 1 rings (SSSR count). The summed E-state index contributed by atoms with van der Waals surface area (Å²) in [6, 6.07) is 8.08. The second kappa shape index (κ2) is 11.3. The summed E-state index contributed by atoms with van der Waals surface area (Å²) in [4.78, 5) is 14.5. The van der Waals surface area contributed by atoms with Gasteiger partial charge in [-0.2, -0.15) is 0 Å². The number of rotatable bonds is 9. The minimum atomic E-state index is 0. The van der Waals surface area contributed by atoms with E-state index < -0.39 is 0 Å². The molecule has 0 aliphatic carbocycles. The maximum Gasteiger partial charge on any atom is 0.222 e. The first-order valence-corrected chi connectivity index (χ1v) is 8.41. The van der Waals surface area contributed by atoms with Crippen molar-refractivity contribution in [2.45, 2.75) is 40.0 Å². The Bertz CT molecular complexity index is 469. The highest BCUT2D eigenvalue weighted by atomic mass is 35.5. The Kier molecular flexibility index (Phi) is 10.7. The lowest BCUT2D eigenvalue weighted by molar-refractivity contribution is -0.132. The van der Waals surface area contributed by atoms with E-state index in [2.05, 4.69) is 38.2 Å². The molecule has 0 fully saturated rings. The fourth-order valence-corrected chi connectivity index (χ4v) is 2.50. The first kappa shape index (κ1) is 22.7. The number of halogens is 1. The number of benzene rings is 1. The van der Waals surface area contributed by atoms with Crippen molar-refractivity contribution in [2.75, 3.05) is 33.8 Å². The van der Waals surface area contributed by atoms with Crippen LogP contribution in [-0.2, 0) is 11.2 Å². The van der Waals surface area contributed by atoms with Crippen molar-refractivity contribution in [3.8, 4) is 5.75 Å². The van der Waals surface area contributed by atoms with Crippen LogP contribution < -0.4 is 10.1 Å². The Balaban J connectivity index is 0.00000529. The molecule has 138 valence electrons. The molecule has 24 heavy (non-hydrogen) atoms. The van der Waals surface area contributed by atoms with Crippen molar-refractivity contribution in [1.82, 2.24) is 10.2 Å². The standard InChI is InChI=1S/C19H32N2O2.ClH/c1-19(2,3)15-21(18(22)7-6-13-20-4)14-12-16-8-10-17(23-5)11-9-16;/h8-11,20H,6-7,12-15H2,1-5H3;1H. The van der Waals surface area contributed by atoms with Gasteiger partial charge < -0.3 is 15.0 Å². The van der Waals surface area contributed by atoms with Gasteiger partial charge in [0.1, 0.15) is 5.75 Å². The smallest absolute Gasteiger partial charge is 0.222 e. The lowest BCUT2D eigenvalue weighted by Crippen LogP contribution is -2.39. The van der Waals surface area contributed by atoms with Gasteiger partial charge in [0.25, 0.3) is 0 Å². The van der Waals surface area contributed by atoms with Gasteiger partial charge in [0.2, 0.25) is 5.91 Å². The number of nitrogens with one attached hydrogen (secondary N) is 1. The number of carbonyl (C=O) groups excluding carboxylic acids is 1. The summed E-state index contributed by atoms with van der Waals surface area (Å²) >= 11 is 0. The second-order valence-corrected chi connectivity index (χ2v) is 7.18. The number of nitrogens with zero attached hydrogens (tertiary/aromatic N) is 1. The molecule has 1 N–H and O–H groups in total. The third-order valence-electron chi connectivity index (χ3n) is 3.66. The quantitative estimate of drug-likeness (QED) is 0.688. The lowest BCUT2D eigenvalue weighted by atomic mass is 9.95. The highest BCUT2D eigenvalue weighted by Gasteiger charge is 2.20. The SMILES string of the molecule is CNCCCC(=O)N(CCc1ccc(OC)cc1)CC(C)(C)C.Cl. The van der Waals surface area contributed by atoms with Crippen molar-refractivity contribution in [3.63, 3.8) is 0 Å². The molecule has 0 aromatic heterocycles. The van der Waals surface area contributed by atoms with Crippen LogP contribution in [0, 0.1) is 5.41 Å². The normalized spacial score (nSPS) is 10.9. The molecule has 0 spiro atoms. The molecule has 0 unspecified atom stereocenters. The average Bonchev–Trinajstić information content (AvgIpc) is 2.51. The molecule has 0 aliphatic heterocycles. The van der Waals surface area contributed by atoms with Crippen LogP contribution in [0.2, 0.25) is 0 Å². The molecule has 4 nitrogen and oxygen atoms in total. The molecule has 0 heterocycles. The van der Waals surface area contributed by atoms with Crippen LogP contribution in [0.4, 0.5) is 0 Å². The Hall–Kier alpha value is -1.26. The van der Waals surface area contributed by atoms with Gasteiger partial charge >= 0.3 is 0 Å². The van der Waals surface area contributed by atoms with Gasteiger partial charge in [-0.25, -0.2) is 0 Å². The number of ether oxygens (including phenoxy) is 1. The van der Waals surface area contributed by atoms with Crippen molar-refractivity contribution in [1.29, 1.82) is 0 Å². The van der Waals surface area contributed by atoms with Crippen molar-refractivity contribution < 1.29 is 9.53 Å². The Morgan fingerprint density at radius 2 is 1.83 bits per heavy atom. The van der Waals surface area contributed by atoms with E-state index in [-0.39, 0.29) is 23.7 Å². The number of methoxy groups -OCH3 is 1. The van der Waals surface area contributed by atoms with E-state index in [1.165, 1.54) is 5.56 Å². The van der Waals surface area contributed by atoms with Gasteiger partial charge in [0, 0.05) is 19.5 Å². The number of amides is 1. The summed E-state index contributed by atoms with van der Waals surface area (Å²) in [7, 11) is 3.59. The summed E-state index contributed by atoms with van der Waals surface area (Å²) in [6.07, 6.45) is 2.37. The molecule has 0 aliphatic rings. The van der Waals surface area contributed by atoms with Crippen LogP contribution in [0.25, 0.3) is 0 Å². The van der Waals surface area contributed by atoms with Crippen LogP contribution in [0.3, 0.4) is 0 Å². The fourth-order valence-electron chi connectivity index (χ4n) is 2.50. The molecule has 0 saturated heterocycles. The minimum Gasteiger partial charge on any atom is -0.497 e. The third kappa shape index (κ3) is 9.14. The summed E-state index contributed by atoms with van der Waals surface area (Å²) in [5.74, 6) is 1.12. The number of carbonyl (C=O) groups is 1. The van der Waals surface area contributed by atoms with Crippen LogP contribution in [-0.4, -0.2) is 44.6 Å². The highest BCUT2D eigenvalue weighted by Crippen LogP contribution is 2.17. The molecular weight excluding hydrogens is 324 g/mol. The first-order valence-electron chi connectivity index (χ1n) is 8.41. The van der Waals surface area contributed by atoms with Crippen molar-refractivity contribution >= 4 is 18.3 Å². The van der Waals surface area contributed by atoms with Gasteiger partial charge in [0.15, 0.2) is 0 Å². The summed E-state index contributed by atoms with van der Waals surface area (Å²) in [6.45, 7) is 8.97. The van der Waals surface area contributed by atoms with E-state index in [0.717, 1.165) is 38.2 Å². The molecular formula is C19H33ClN2O2. The van der Waals surface area contributed by atoms with Crippen LogP contribution >= 0.6 is 12.4 Å². The van der Waals surface area contributed by atoms with Crippen molar-refractivity contribution in [2.24, 2.45) is 5.41 Å². The molecule has 0 saturated carbocycles. The fraction of sp³-hybridized carbons (Fsp3) is 0.632. The van der Waals surface area contributed by atoms with Crippen LogP contribution in [0.15, 0.2) is 24.3 Å². The molecule has 0 radical (unpaired) electrons. The summed E-state index contributed by atoms with van der Waals surface area (Å²) < 4.78 is 5.18. The van der Waals surface area contributed by atoms with E-state index in [0.29, 0.717) is 6.42 Å². The zero-order valence-corrected chi connectivity index (χ0v) is 16.5. The van der Waals surface area contributed by atoms with Gasteiger partial charge in [-0.15, -0.1) is 12.4 Å². The van der Waals surface area contributed by atoms with Gasteiger partial charge in [-0.05, 0) is 49.5 Å². The van der Waals surface area contributed by atoms with Gasteiger partial charge in [-0.1, -0.05) is 32.9 Å². The average molecular weight is 357 g/mol. The monoisotopic (exact) mass is 356 g/mol. The van der Waals surface area contributed by atoms with Crippen molar-refractivity contribution in [3.05, 3.63) is 29.8 Å². The van der Waals surface area contributed by atoms with E-state index in [4.69, 9.17) is 4.74 Å². The van der Waals surface area contributed by atoms with E-state index >= 15 is 0 Å². The number of hydrogen-bond acceptors (Lipinski definition) is 3. The van der Waals surface area contributed by atoms with Gasteiger partial charge in [-0.3, -0.25) is 4.79 Å². The molecule has 5 heteroatoms. The first-order chi connectivity index (χ1) is 10.9. The summed E-state index contributed by atoms with van der Waals surface area (Å²) in [5.41, 5.74) is 1.34. The zero-order chi connectivity index (χ0) is 17.3. The topological polar surface area (TPSA) is 41.6 Å². The Morgan fingerprint density at radius 1 is 1.21 bits per heavy atom. The van der Waals surface area contributed by atoms with Crippen LogP contribution in [0.5, 0.6) is 5.75 Å². The maximum absolute atomic E-state index is 12.5. The second-order valence-electron chi connectivity index (χ2n) is 7.18. The van der Waals surface area contributed by atoms with E-state index in [1.807, 2.05) is 24.1 Å². The Labute approximate surface area is 153 Å². The molecule has 1 aromatic rings. The zero-order valence-electron chi connectivity index (χ0n) is 15.7. The highest BCUT2D eigenvalue weighted by molar-refractivity contribution is 5.85. The molecule has 0 atom stereocenters. The predicted molar refractivity (Wildman–Crippen MR) is 103 cm³/mol. The van der Waals surface area contributed by atoms with E-state index in [9.17, 15) is 4.79 Å². The molecule has 1 aromatic carbocycles. The third-order valence-corrected chi connectivity index (χ3v) is 3.66. The predicted octanol–water partition coefficient (Wildman–Crippen LogP) is 3.53.